The Kier molecular flexibility index (Phi) is 4.14. The van der Waals surface area contributed by atoms with Gasteiger partial charge in [0.05, 0.1) is 11.0 Å². The van der Waals surface area contributed by atoms with E-state index in [9.17, 15) is 14.7 Å². The number of aliphatic hydroxyl groups is 1. The molecule has 0 saturated carbocycles. The van der Waals surface area contributed by atoms with Gasteiger partial charge in [-0.2, -0.15) is 0 Å². The summed E-state index contributed by atoms with van der Waals surface area (Å²) in [5, 5.41) is 10.3. The first kappa shape index (κ1) is 15.3. The number of para-hydroxylation sites is 1. The number of amides is 1. The fourth-order valence-corrected chi connectivity index (χ4v) is 2.16. The first-order valence-electron chi connectivity index (χ1n) is 6.86. The van der Waals surface area contributed by atoms with E-state index in [-0.39, 0.29) is 17.7 Å². The van der Waals surface area contributed by atoms with Crippen LogP contribution in [-0.2, 0) is 0 Å². The zero-order valence-electron chi connectivity index (χ0n) is 12.4. The van der Waals surface area contributed by atoms with Gasteiger partial charge in [-0.25, -0.2) is 0 Å². The van der Waals surface area contributed by atoms with Crippen LogP contribution in [-0.4, -0.2) is 34.6 Å². The van der Waals surface area contributed by atoms with Crippen LogP contribution in [0.15, 0.2) is 39.5 Å². The van der Waals surface area contributed by atoms with Crippen LogP contribution in [0, 0.1) is 0 Å². The van der Waals surface area contributed by atoms with Crippen molar-refractivity contribution >= 4 is 16.9 Å². The molecule has 0 fully saturated rings. The molecule has 5 nitrogen and oxygen atoms in total. The van der Waals surface area contributed by atoms with E-state index in [0.717, 1.165) is 0 Å². The van der Waals surface area contributed by atoms with Crippen LogP contribution in [0.25, 0.3) is 11.0 Å². The van der Waals surface area contributed by atoms with Gasteiger partial charge in [-0.05, 0) is 32.9 Å². The number of hydrogen-bond donors (Lipinski definition) is 1. The maximum atomic E-state index is 12.4. The number of benzene rings is 1. The second kappa shape index (κ2) is 5.69. The zero-order valence-corrected chi connectivity index (χ0v) is 12.4. The molecular weight excluding hydrogens is 270 g/mol. The van der Waals surface area contributed by atoms with E-state index in [4.69, 9.17) is 4.42 Å². The molecule has 0 radical (unpaired) electrons. The van der Waals surface area contributed by atoms with Crippen molar-refractivity contribution in [1.82, 2.24) is 4.90 Å². The summed E-state index contributed by atoms with van der Waals surface area (Å²) in [6, 6.07) is 8.00. The van der Waals surface area contributed by atoms with Gasteiger partial charge < -0.3 is 14.4 Å². The average molecular weight is 289 g/mol. The zero-order chi connectivity index (χ0) is 15.6. The Morgan fingerprint density at radius 2 is 2.00 bits per heavy atom. The molecule has 1 aromatic heterocycles. The molecule has 0 bridgehead atoms. The van der Waals surface area contributed by atoms with Crippen molar-refractivity contribution in [1.29, 1.82) is 0 Å². The monoisotopic (exact) mass is 289 g/mol. The Balaban J connectivity index is 2.41. The van der Waals surface area contributed by atoms with Crippen molar-refractivity contribution in [3.05, 3.63) is 46.3 Å². The van der Waals surface area contributed by atoms with E-state index in [1.54, 1.807) is 38.1 Å². The summed E-state index contributed by atoms with van der Waals surface area (Å²) in [6.07, 6.45) is 0. The number of likely N-dealkylation sites (N-methyl/N-ethyl adjacent to an activating group) is 1. The van der Waals surface area contributed by atoms with Crippen LogP contribution in [0.1, 0.15) is 31.3 Å². The molecule has 112 valence electrons. The Hall–Kier alpha value is -2.14. The van der Waals surface area contributed by atoms with Crippen LogP contribution in [0.3, 0.4) is 0 Å². The summed E-state index contributed by atoms with van der Waals surface area (Å²) in [5.41, 5.74) is -0.879. The summed E-state index contributed by atoms with van der Waals surface area (Å²) in [6.45, 7) is 5.64. The molecule has 21 heavy (non-hydrogen) atoms. The first-order valence-corrected chi connectivity index (χ1v) is 6.86. The molecule has 2 aromatic rings. The predicted octanol–water partition coefficient (Wildman–Crippen LogP) is 2.03. The van der Waals surface area contributed by atoms with Gasteiger partial charge in [0.25, 0.3) is 5.91 Å². The molecule has 2 rings (SSSR count). The molecule has 1 heterocycles. The molecule has 1 N–H and O–H groups in total. The van der Waals surface area contributed by atoms with Gasteiger partial charge in [-0.1, -0.05) is 12.1 Å². The normalized spacial score (nSPS) is 11.6. The number of rotatable bonds is 4. The van der Waals surface area contributed by atoms with Crippen molar-refractivity contribution in [2.75, 3.05) is 13.1 Å². The lowest BCUT2D eigenvalue weighted by Gasteiger charge is -2.27. The summed E-state index contributed by atoms with van der Waals surface area (Å²) in [4.78, 5) is 25.9. The Bertz CT molecular complexity index is 712. The molecule has 1 aromatic carbocycles. The molecule has 0 unspecified atom stereocenters. The van der Waals surface area contributed by atoms with E-state index in [0.29, 0.717) is 17.5 Å². The Morgan fingerprint density at radius 1 is 1.33 bits per heavy atom. The fraction of sp³-hybridized carbons (Fsp3) is 0.375. The highest BCUT2D eigenvalue weighted by molar-refractivity contribution is 5.93. The lowest BCUT2D eigenvalue weighted by Crippen LogP contribution is -2.42. The van der Waals surface area contributed by atoms with Crippen molar-refractivity contribution < 1.29 is 14.3 Å². The van der Waals surface area contributed by atoms with Crippen LogP contribution in [0.2, 0.25) is 0 Å². The third-order valence-electron chi connectivity index (χ3n) is 3.09. The largest absolute Gasteiger partial charge is 0.451 e. The lowest BCUT2D eigenvalue weighted by atomic mass is 10.1. The minimum Gasteiger partial charge on any atom is -0.451 e. The summed E-state index contributed by atoms with van der Waals surface area (Å²) in [7, 11) is 0. The summed E-state index contributed by atoms with van der Waals surface area (Å²) >= 11 is 0. The minimum atomic E-state index is -1.01. The standard InChI is InChI=1S/C16H19NO4/c1-4-17(10-16(2,3)20)15(19)14-9-12(18)11-7-5-6-8-13(11)21-14/h5-9,20H,4,10H2,1-3H3. The predicted molar refractivity (Wildman–Crippen MR) is 80.4 cm³/mol. The van der Waals surface area contributed by atoms with E-state index >= 15 is 0 Å². The number of hydrogen-bond acceptors (Lipinski definition) is 4. The highest BCUT2D eigenvalue weighted by Crippen LogP contribution is 2.14. The van der Waals surface area contributed by atoms with E-state index in [2.05, 4.69) is 0 Å². The molecule has 0 aliphatic carbocycles. The maximum Gasteiger partial charge on any atom is 0.289 e. The summed E-state index contributed by atoms with van der Waals surface area (Å²) in [5.74, 6) is -0.410. The van der Waals surface area contributed by atoms with E-state index < -0.39 is 11.5 Å². The van der Waals surface area contributed by atoms with Gasteiger partial charge in [0, 0.05) is 19.2 Å². The highest BCUT2D eigenvalue weighted by Gasteiger charge is 2.24. The molecule has 0 saturated heterocycles. The number of carbonyl (C=O) groups excluding carboxylic acids is 1. The van der Waals surface area contributed by atoms with Gasteiger partial charge >= 0.3 is 0 Å². The molecule has 1 amide bonds. The van der Waals surface area contributed by atoms with Crippen LogP contribution in [0.5, 0.6) is 0 Å². The number of fused-ring (bicyclic) bond motifs is 1. The third-order valence-corrected chi connectivity index (χ3v) is 3.09. The molecular formula is C16H19NO4. The van der Waals surface area contributed by atoms with Crippen molar-refractivity contribution in [3.63, 3.8) is 0 Å². The summed E-state index contributed by atoms with van der Waals surface area (Å²) < 4.78 is 5.53. The minimum absolute atomic E-state index is 0.00944. The quantitative estimate of drug-likeness (QED) is 0.935. The number of carbonyl (C=O) groups is 1. The van der Waals surface area contributed by atoms with Gasteiger partial charge in [0.15, 0.2) is 11.2 Å². The van der Waals surface area contributed by atoms with Crippen LogP contribution >= 0.6 is 0 Å². The number of nitrogens with zero attached hydrogens (tertiary/aromatic N) is 1. The molecule has 0 spiro atoms. The first-order chi connectivity index (χ1) is 9.81. The van der Waals surface area contributed by atoms with E-state index in [1.807, 2.05) is 6.92 Å². The average Bonchev–Trinajstić information content (AvgIpc) is 2.43. The third kappa shape index (κ3) is 3.49. The second-order valence-corrected chi connectivity index (χ2v) is 5.60. The van der Waals surface area contributed by atoms with Gasteiger partial charge in [-0.15, -0.1) is 0 Å². The van der Waals surface area contributed by atoms with Gasteiger partial charge in [0.2, 0.25) is 0 Å². The Morgan fingerprint density at radius 3 is 2.62 bits per heavy atom. The lowest BCUT2D eigenvalue weighted by molar-refractivity contribution is 0.0299. The topological polar surface area (TPSA) is 70.8 Å². The van der Waals surface area contributed by atoms with Crippen LogP contribution in [0.4, 0.5) is 0 Å². The second-order valence-electron chi connectivity index (χ2n) is 5.60. The molecule has 0 aliphatic rings. The van der Waals surface area contributed by atoms with Gasteiger partial charge in [0.1, 0.15) is 5.58 Å². The molecule has 5 heteroatoms. The highest BCUT2D eigenvalue weighted by atomic mass is 16.3. The van der Waals surface area contributed by atoms with Crippen molar-refractivity contribution in [2.24, 2.45) is 0 Å². The van der Waals surface area contributed by atoms with Crippen molar-refractivity contribution in [3.8, 4) is 0 Å². The van der Waals surface area contributed by atoms with Crippen LogP contribution < -0.4 is 5.43 Å². The van der Waals surface area contributed by atoms with Gasteiger partial charge in [-0.3, -0.25) is 9.59 Å². The van der Waals surface area contributed by atoms with E-state index in [1.165, 1.54) is 11.0 Å². The Labute approximate surface area is 122 Å². The smallest absolute Gasteiger partial charge is 0.289 e. The fourth-order valence-electron chi connectivity index (χ4n) is 2.16. The van der Waals surface area contributed by atoms with Crippen molar-refractivity contribution in [2.45, 2.75) is 26.4 Å². The molecule has 0 atom stereocenters. The molecule has 0 aliphatic heterocycles. The SMILES string of the molecule is CCN(CC(C)(C)O)C(=O)c1cc(=O)c2ccccc2o1. The maximum absolute atomic E-state index is 12.4.